The van der Waals surface area contributed by atoms with Gasteiger partial charge in [-0.2, -0.15) is 8.42 Å². The van der Waals surface area contributed by atoms with Crippen LogP contribution in [0.5, 0.6) is 0 Å². The van der Waals surface area contributed by atoms with E-state index >= 15 is 0 Å². The van der Waals surface area contributed by atoms with Crippen molar-refractivity contribution in [2.24, 2.45) is 7.05 Å². The molecule has 0 amide bonds. The molecule has 2 heterocycles. The van der Waals surface area contributed by atoms with Crippen LogP contribution in [-0.4, -0.2) is 34.0 Å². The molecule has 0 unspecified atom stereocenters. The third-order valence-electron chi connectivity index (χ3n) is 2.77. The first kappa shape index (κ1) is 15.0. The fraction of sp³-hybridized carbons (Fsp3) is 0.250. The third-order valence-corrected chi connectivity index (χ3v) is 4.02. The number of imidazole rings is 1. The smallest absolute Gasteiger partial charge is 0.309 e. The highest BCUT2D eigenvalue weighted by Crippen LogP contribution is 2.15. The Morgan fingerprint density at radius 3 is 2.62 bits per heavy atom. The summed E-state index contributed by atoms with van der Waals surface area (Å²) in [6.07, 6.45) is 2.46. The van der Waals surface area contributed by atoms with E-state index in [-0.39, 0.29) is 17.1 Å². The number of nitrogens with one attached hydrogen (secondary N) is 1. The molecule has 112 valence electrons. The Kier molecular flexibility index (Phi) is 3.94. The Morgan fingerprint density at radius 2 is 2.14 bits per heavy atom. The molecule has 0 saturated carbocycles. The van der Waals surface area contributed by atoms with Crippen LogP contribution in [0.25, 0.3) is 0 Å². The van der Waals surface area contributed by atoms with E-state index in [2.05, 4.69) is 14.7 Å². The number of carboxylic acids is 1. The third kappa shape index (κ3) is 3.57. The van der Waals surface area contributed by atoms with Gasteiger partial charge in [0.05, 0.1) is 24.0 Å². The van der Waals surface area contributed by atoms with Crippen LogP contribution in [0.3, 0.4) is 0 Å². The summed E-state index contributed by atoms with van der Waals surface area (Å²) < 4.78 is 28.2. The maximum Gasteiger partial charge on any atom is 0.309 e. The lowest BCUT2D eigenvalue weighted by Crippen LogP contribution is -2.14. The van der Waals surface area contributed by atoms with Gasteiger partial charge in [0.2, 0.25) is 0 Å². The van der Waals surface area contributed by atoms with E-state index in [1.54, 1.807) is 18.5 Å². The molecule has 0 spiro atoms. The predicted molar refractivity (Wildman–Crippen MR) is 74.3 cm³/mol. The number of sulfonamides is 1. The van der Waals surface area contributed by atoms with Crippen LogP contribution in [0.4, 0.5) is 5.69 Å². The average Bonchev–Trinajstić information content (AvgIpc) is 2.72. The molecule has 2 rings (SSSR count). The minimum atomic E-state index is -3.79. The number of aromatic nitrogens is 3. The van der Waals surface area contributed by atoms with Gasteiger partial charge in [-0.15, -0.1) is 0 Å². The highest BCUT2D eigenvalue weighted by atomic mass is 32.2. The molecule has 2 aromatic heterocycles. The number of pyridine rings is 1. The number of carboxylic acid groups (broad SMARTS) is 1. The number of nitrogens with zero attached hydrogens (tertiary/aromatic N) is 3. The van der Waals surface area contributed by atoms with E-state index in [1.807, 2.05) is 0 Å². The van der Waals surface area contributed by atoms with Crippen molar-refractivity contribution in [2.45, 2.75) is 18.4 Å². The lowest BCUT2D eigenvalue weighted by Gasteiger charge is -2.05. The van der Waals surface area contributed by atoms with Crippen molar-refractivity contribution in [3.8, 4) is 0 Å². The maximum absolute atomic E-state index is 12.1. The maximum atomic E-state index is 12.1. The second-order valence-electron chi connectivity index (χ2n) is 4.45. The number of anilines is 1. The average molecular weight is 310 g/mol. The zero-order chi connectivity index (χ0) is 15.6. The fourth-order valence-corrected chi connectivity index (χ4v) is 2.69. The molecule has 8 nitrogen and oxygen atoms in total. The van der Waals surface area contributed by atoms with Gasteiger partial charge in [-0.05, 0) is 19.1 Å². The summed E-state index contributed by atoms with van der Waals surface area (Å²) in [6.45, 7) is 1.70. The van der Waals surface area contributed by atoms with Crippen LogP contribution in [-0.2, 0) is 28.3 Å². The number of carbonyl (C=O) groups is 1. The zero-order valence-electron chi connectivity index (χ0n) is 11.4. The SMILES string of the molecule is Cc1nc(S(=O)(=O)Nc2ccc(CC(=O)O)nc2)cn1C. The van der Waals surface area contributed by atoms with Crippen molar-refractivity contribution in [2.75, 3.05) is 4.72 Å². The largest absolute Gasteiger partial charge is 0.481 e. The monoisotopic (exact) mass is 310 g/mol. The Balaban J connectivity index is 2.18. The van der Waals surface area contributed by atoms with Crippen molar-refractivity contribution in [1.82, 2.24) is 14.5 Å². The summed E-state index contributed by atoms with van der Waals surface area (Å²) >= 11 is 0. The summed E-state index contributed by atoms with van der Waals surface area (Å²) in [5.41, 5.74) is 0.589. The molecule has 0 aliphatic carbocycles. The first-order valence-electron chi connectivity index (χ1n) is 5.97. The number of aliphatic carboxylic acids is 1. The second-order valence-corrected chi connectivity index (χ2v) is 6.08. The zero-order valence-corrected chi connectivity index (χ0v) is 12.3. The molecule has 0 aromatic carbocycles. The first-order valence-corrected chi connectivity index (χ1v) is 7.46. The molecule has 0 radical (unpaired) electrons. The van der Waals surface area contributed by atoms with E-state index in [4.69, 9.17) is 5.11 Å². The Hall–Kier alpha value is -2.42. The summed E-state index contributed by atoms with van der Waals surface area (Å²) in [4.78, 5) is 18.4. The number of hydrogen-bond acceptors (Lipinski definition) is 5. The Labute approximate surface area is 121 Å². The van der Waals surface area contributed by atoms with Gasteiger partial charge in [-0.3, -0.25) is 14.5 Å². The Morgan fingerprint density at radius 1 is 1.43 bits per heavy atom. The minimum Gasteiger partial charge on any atom is -0.481 e. The van der Waals surface area contributed by atoms with Gasteiger partial charge in [-0.1, -0.05) is 0 Å². The van der Waals surface area contributed by atoms with Crippen molar-refractivity contribution < 1.29 is 18.3 Å². The van der Waals surface area contributed by atoms with Crippen LogP contribution in [0.1, 0.15) is 11.5 Å². The lowest BCUT2D eigenvalue weighted by molar-refractivity contribution is -0.136. The highest BCUT2D eigenvalue weighted by molar-refractivity contribution is 7.92. The quantitative estimate of drug-likeness (QED) is 0.833. The molecule has 0 aliphatic rings. The van der Waals surface area contributed by atoms with E-state index in [9.17, 15) is 13.2 Å². The molecule has 0 fully saturated rings. The molecule has 21 heavy (non-hydrogen) atoms. The van der Waals surface area contributed by atoms with Crippen molar-refractivity contribution >= 4 is 21.7 Å². The van der Waals surface area contributed by atoms with Gasteiger partial charge in [0.15, 0.2) is 5.03 Å². The summed E-state index contributed by atoms with van der Waals surface area (Å²) in [5.74, 6) is -0.426. The van der Waals surface area contributed by atoms with Gasteiger partial charge < -0.3 is 9.67 Å². The second kappa shape index (κ2) is 5.52. The predicted octanol–water partition coefficient (Wildman–Crippen LogP) is 0.551. The van der Waals surface area contributed by atoms with Crippen molar-refractivity contribution in [1.29, 1.82) is 0 Å². The molecule has 0 atom stereocenters. The molecule has 2 N–H and O–H groups in total. The van der Waals surface area contributed by atoms with Crippen molar-refractivity contribution in [3.63, 3.8) is 0 Å². The lowest BCUT2D eigenvalue weighted by atomic mass is 10.3. The van der Waals surface area contributed by atoms with Crippen molar-refractivity contribution in [3.05, 3.63) is 36.0 Å². The molecule has 2 aromatic rings. The number of aryl methyl sites for hydroxylation is 2. The van der Waals surface area contributed by atoms with Crippen LogP contribution in [0.15, 0.2) is 29.6 Å². The van der Waals surface area contributed by atoms with Gasteiger partial charge >= 0.3 is 5.97 Å². The van der Waals surface area contributed by atoms with Gasteiger partial charge in [0.1, 0.15) is 5.82 Å². The van der Waals surface area contributed by atoms with Crippen LogP contribution < -0.4 is 4.72 Å². The topological polar surface area (TPSA) is 114 Å². The van der Waals surface area contributed by atoms with E-state index in [0.29, 0.717) is 11.5 Å². The molecule has 9 heteroatoms. The van der Waals surface area contributed by atoms with Crippen LogP contribution in [0, 0.1) is 6.92 Å². The molecular weight excluding hydrogens is 296 g/mol. The highest BCUT2D eigenvalue weighted by Gasteiger charge is 2.18. The summed E-state index contributed by atoms with van der Waals surface area (Å²) in [7, 11) is -2.09. The minimum absolute atomic E-state index is 0.0860. The van der Waals surface area contributed by atoms with E-state index in [1.165, 1.54) is 24.5 Å². The molecule has 0 aliphatic heterocycles. The normalized spacial score (nSPS) is 11.3. The summed E-state index contributed by atoms with van der Waals surface area (Å²) in [6, 6.07) is 2.91. The first-order chi connectivity index (χ1) is 9.78. The van der Waals surface area contributed by atoms with Gasteiger partial charge in [0, 0.05) is 13.2 Å². The molecule has 0 bridgehead atoms. The van der Waals surface area contributed by atoms with Crippen LogP contribution in [0.2, 0.25) is 0 Å². The fourth-order valence-electron chi connectivity index (χ4n) is 1.61. The number of hydrogen-bond donors (Lipinski definition) is 2. The molecular formula is C12H14N4O4S. The Bertz CT molecular complexity index is 746. The van der Waals surface area contributed by atoms with Crippen LogP contribution >= 0.6 is 0 Å². The van der Waals surface area contributed by atoms with Gasteiger partial charge in [0.25, 0.3) is 10.0 Å². The molecule has 0 saturated heterocycles. The summed E-state index contributed by atoms with van der Waals surface area (Å²) in [5, 5.41) is 8.55. The van der Waals surface area contributed by atoms with E-state index < -0.39 is 16.0 Å². The van der Waals surface area contributed by atoms with E-state index in [0.717, 1.165) is 0 Å². The van der Waals surface area contributed by atoms with Gasteiger partial charge in [-0.25, -0.2) is 4.98 Å². The standard InChI is InChI=1S/C12H14N4O4S/c1-8-14-11(7-16(8)2)21(19,20)15-10-4-3-9(13-6-10)5-12(17)18/h3-4,6-7,15H,5H2,1-2H3,(H,17,18). The number of rotatable bonds is 5.